The zero-order valence-corrected chi connectivity index (χ0v) is 6.23. The second kappa shape index (κ2) is 7.33. The molecule has 0 atom stereocenters. The van der Waals surface area contributed by atoms with Gasteiger partial charge < -0.3 is 11.1 Å². The van der Waals surface area contributed by atoms with E-state index in [1.807, 2.05) is 0 Å². The van der Waals surface area contributed by atoms with Crippen LogP contribution in [0.15, 0.2) is 0 Å². The van der Waals surface area contributed by atoms with Gasteiger partial charge in [0.2, 0.25) is 0 Å². The van der Waals surface area contributed by atoms with Crippen LogP contribution in [-0.2, 0) is 0 Å². The van der Waals surface area contributed by atoms with Crippen molar-refractivity contribution in [2.24, 2.45) is 5.73 Å². The molecule has 0 aromatic rings. The molecule has 48 valence electrons. The minimum Gasteiger partial charge on any atom is -0.330 e. The third-order valence-corrected chi connectivity index (χ3v) is 2.72. The van der Waals surface area contributed by atoms with Crippen molar-refractivity contribution in [3.05, 3.63) is 0 Å². The molecule has 0 heterocycles. The summed E-state index contributed by atoms with van der Waals surface area (Å²) in [5, 5.41) is 6.65. The maximum absolute atomic E-state index is 6.65. The molecule has 0 rings (SSSR count). The summed E-state index contributed by atoms with van der Waals surface area (Å²) in [6.45, 7) is 0.732. The van der Waals surface area contributed by atoms with Crippen molar-refractivity contribution in [2.75, 3.05) is 18.1 Å². The van der Waals surface area contributed by atoms with Crippen LogP contribution in [0.3, 0.4) is 0 Å². The molecular weight excluding hydrogens is 140 g/mol. The lowest BCUT2D eigenvalue weighted by Gasteiger charge is -1.91. The smallest absolute Gasteiger partial charge is 0.0385 e. The van der Waals surface area contributed by atoms with Gasteiger partial charge in [0.15, 0.2) is 0 Å². The first-order valence-corrected chi connectivity index (χ1v) is 4.84. The Morgan fingerprint density at radius 3 is 2.75 bits per heavy atom. The molecule has 0 aliphatic heterocycles. The third-order valence-electron chi connectivity index (χ3n) is 0.436. The van der Waals surface area contributed by atoms with Gasteiger partial charge in [0.05, 0.1) is 0 Å². The Bertz CT molecular complexity index is 58.0. The summed E-state index contributed by atoms with van der Waals surface area (Å²) in [6, 6.07) is 0. The van der Waals surface area contributed by atoms with Crippen LogP contribution < -0.4 is 5.73 Å². The van der Waals surface area contributed by atoms with Gasteiger partial charge in [0.25, 0.3) is 0 Å². The SMILES string of the molecule is N=CCSSCCN. The van der Waals surface area contributed by atoms with Gasteiger partial charge in [-0.1, -0.05) is 21.6 Å². The fraction of sp³-hybridized carbons (Fsp3) is 0.750. The van der Waals surface area contributed by atoms with Crippen molar-refractivity contribution in [1.29, 1.82) is 5.41 Å². The molecule has 0 spiro atoms. The van der Waals surface area contributed by atoms with E-state index in [-0.39, 0.29) is 0 Å². The summed E-state index contributed by atoms with van der Waals surface area (Å²) in [6.07, 6.45) is 1.40. The summed E-state index contributed by atoms with van der Waals surface area (Å²) in [7, 11) is 3.39. The Morgan fingerprint density at radius 1 is 1.50 bits per heavy atom. The van der Waals surface area contributed by atoms with Crippen LogP contribution in [0, 0.1) is 5.41 Å². The van der Waals surface area contributed by atoms with Gasteiger partial charge in [-0.25, -0.2) is 0 Å². The molecule has 2 nitrogen and oxygen atoms in total. The van der Waals surface area contributed by atoms with Crippen molar-refractivity contribution in [3.63, 3.8) is 0 Å². The topological polar surface area (TPSA) is 49.9 Å². The molecule has 0 aliphatic carbocycles. The van der Waals surface area contributed by atoms with Crippen molar-refractivity contribution in [2.45, 2.75) is 0 Å². The average molecular weight is 150 g/mol. The molecule has 0 bridgehead atoms. The number of hydrogen-bond acceptors (Lipinski definition) is 4. The summed E-state index contributed by atoms with van der Waals surface area (Å²) >= 11 is 0. The molecule has 8 heavy (non-hydrogen) atoms. The van der Waals surface area contributed by atoms with Crippen LogP contribution >= 0.6 is 21.6 Å². The van der Waals surface area contributed by atoms with Crippen LogP contribution in [0.2, 0.25) is 0 Å². The molecule has 0 radical (unpaired) electrons. The quantitative estimate of drug-likeness (QED) is 0.349. The molecule has 0 saturated carbocycles. The van der Waals surface area contributed by atoms with Gasteiger partial charge in [-0.15, -0.1) is 0 Å². The molecular formula is C4H10N2S2. The number of hydrogen-bond donors (Lipinski definition) is 2. The Balaban J connectivity index is 2.62. The Labute approximate surface area is 57.5 Å². The van der Waals surface area contributed by atoms with E-state index in [9.17, 15) is 0 Å². The maximum Gasteiger partial charge on any atom is 0.0385 e. The summed E-state index contributed by atoms with van der Waals surface area (Å²) in [5.41, 5.74) is 5.22. The van der Waals surface area contributed by atoms with E-state index in [0.29, 0.717) is 0 Å². The molecule has 0 aromatic heterocycles. The van der Waals surface area contributed by atoms with E-state index in [1.54, 1.807) is 21.6 Å². The first-order valence-electron chi connectivity index (χ1n) is 2.35. The second-order valence-electron chi connectivity index (χ2n) is 1.10. The van der Waals surface area contributed by atoms with Crippen molar-refractivity contribution in [3.8, 4) is 0 Å². The van der Waals surface area contributed by atoms with Crippen LogP contribution in [-0.4, -0.2) is 24.3 Å². The van der Waals surface area contributed by atoms with E-state index >= 15 is 0 Å². The van der Waals surface area contributed by atoms with Gasteiger partial charge in [0.1, 0.15) is 0 Å². The van der Waals surface area contributed by atoms with Crippen LogP contribution in [0.1, 0.15) is 0 Å². The number of nitrogens with two attached hydrogens (primary N) is 1. The zero-order valence-electron chi connectivity index (χ0n) is 4.59. The van der Waals surface area contributed by atoms with E-state index in [0.717, 1.165) is 18.1 Å². The standard InChI is InChI=1S/C4H10N2S2/c5-1-3-7-8-4-2-6/h1,5H,2-4,6H2. The van der Waals surface area contributed by atoms with Gasteiger partial charge in [0, 0.05) is 24.3 Å². The summed E-state index contributed by atoms with van der Waals surface area (Å²) < 4.78 is 0. The average Bonchev–Trinajstić information content (AvgIpc) is 1.81. The van der Waals surface area contributed by atoms with E-state index < -0.39 is 0 Å². The molecule has 0 fully saturated rings. The van der Waals surface area contributed by atoms with Crippen molar-refractivity contribution < 1.29 is 0 Å². The Morgan fingerprint density at radius 2 is 2.25 bits per heavy atom. The molecule has 0 amide bonds. The predicted octanol–water partition coefficient (Wildman–Crippen LogP) is 0.976. The number of rotatable bonds is 5. The molecule has 4 heteroatoms. The normalized spacial score (nSPS) is 9.12. The fourth-order valence-corrected chi connectivity index (χ4v) is 1.70. The molecule has 3 N–H and O–H groups in total. The highest BCUT2D eigenvalue weighted by atomic mass is 33.1. The largest absolute Gasteiger partial charge is 0.330 e. The third kappa shape index (κ3) is 6.33. The zero-order chi connectivity index (χ0) is 6.24. The van der Waals surface area contributed by atoms with Gasteiger partial charge >= 0.3 is 0 Å². The lowest BCUT2D eigenvalue weighted by molar-refractivity contribution is 1.16. The monoisotopic (exact) mass is 150 g/mol. The van der Waals surface area contributed by atoms with E-state index in [4.69, 9.17) is 11.1 Å². The second-order valence-corrected chi connectivity index (χ2v) is 3.73. The van der Waals surface area contributed by atoms with E-state index in [2.05, 4.69) is 0 Å². The van der Waals surface area contributed by atoms with E-state index in [1.165, 1.54) is 6.21 Å². The van der Waals surface area contributed by atoms with Crippen molar-refractivity contribution in [1.82, 2.24) is 0 Å². The Hall–Kier alpha value is 0.330. The fourth-order valence-electron chi connectivity index (χ4n) is 0.189. The Kier molecular flexibility index (Phi) is 7.63. The maximum atomic E-state index is 6.65. The highest BCUT2D eigenvalue weighted by Crippen LogP contribution is 2.17. The molecule has 0 saturated heterocycles. The first kappa shape index (κ1) is 8.33. The van der Waals surface area contributed by atoms with Crippen LogP contribution in [0.4, 0.5) is 0 Å². The summed E-state index contributed by atoms with van der Waals surface area (Å²) in [4.78, 5) is 0. The lowest BCUT2D eigenvalue weighted by Crippen LogP contribution is -1.99. The predicted molar refractivity (Wildman–Crippen MR) is 42.8 cm³/mol. The first-order chi connectivity index (χ1) is 3.91. The van der Waals surface area contributed by atoms with Crippen LogP contribution in [0.25, 0.3) is 0 Å². The van der Waals surface area contributed by atoms with Gasteiger partial charge in [-0.3, -0.25) is 0 Å². The van der Waals surface area contributed by atoms with Crippen molar-refractivity contribution >= 4 is 27.8 Å². The highest BCUT2D eigenvalue weighted by molar-refractivity contribution is 8.76. The number of nitrogens with one attached hydrogen (secondary N) is 1. The molecule has 0 aliphatic rings. The van der Waals surface area contributed by atoms with Gasteiger partial charge in [-0.05, 0) is 0 Å². The minimum atomic E-state index is 0.732. The summed E-state index contributed by atoms with van der Waals surface area (Å²) in [5.74, 6) is 1.78. The molecule has 0 aromatic carbocycles. The van der Waals surface area contributed by atoms with Gasteiger partial charge in [-0.2, -0.15) is 0 Å². The lowest BCUT2D eigenvalue weighted by atomic mass is 10.8. The highest BCUT2D eigenvalue weighted by Gasteiger charge is 1.82. The minimum absolute atomic E-state index is 0.732. The molecule has 0 unspecified atom stereocenters. The van der Waals surface area contributed by atoms with Crippen LogP contribution in [0.5, 0.6) is 0 Å².